The summed E-state index contributed by atoms with van der Waals surface area (Å²) in [5, 5.41) is 0. The normalized spacial score (nSPS) is 32.7. The molecule has 118 valence electrons. The molecule has 3 aliphatic rings. The molecule has 0 aromatic carbocycles. The highest BCUT2D eigenvalue weighted by atomic mass is 16.5. The fourth-order valence-corrected chi connectivity index (χ4v) is 3.98. The fraction of sp³-hybridized carbons (Fsp3) is 0.824. The summed E-state index contributed by atoms with van der Waals surface area (Å²) in [5.74, 6) is 0.290. The van der Waals surface area contributed by atoms with Gasteiger partial charge >= 0.3 is 0 Å². The number of carbonyl (C=O) groups is 1. The Morgan fingerprint density at radius 2 is 2.33 bits per heavy atom. The molecule has 4 nitrogen and oxygen atoms in total. The molecule has 2 aliphatic carbocycles. The molecule has 0 unspecified atom stereocenters. The molecule has 0 N–H and O–H groups in total. The van der Waals surface area contributed by atoms with Gasteiger partial charge in [0.05, 0.1) is 18.8 Å². The Labute approximate surface area is 127 Å². The Bertz CT molecular complexity index is 407. The van der Waals surface area contributed by atoms with Gasteiger partial charge in [0.1, 0.15) is 6.10 Å². The Morgan fingerprint density at radius 3 is 3.10 bits per heavy atom. The van der Waals surface area contributed by atoms with Gasteiger partial charge in [0.15, 0.2) is 0 Å². The van der Waals surface area contributed by atoms with Gasteiger partial charge < -0.3 is 14.4 Å². The van der Waals surface area contributed by atoms with E-state index in [0.29, 0.717) is 18.9 Å². The topological polar surface area (TPSA) is 38.8 Å². The quantitative estimate of drug-likeness (QED) is 0.748. The molecule has 1 saturated carbocycles. The zero-order valence-corrected chi connectivity index (χ0v) is 13.1. The summed E-state index contributed by atoms with van der Waals surface area (Å²) < 4.78 is 11.7. The van der Waals surface area contributed by atoms with Crippen molar-refractivity contribution < 1.29 is 14.3 Å². The predicted molar refractivity (Wildman–Crippen MR) is 81.1 cm³/mol. The second-order valence-corrected chi connectivity index (χ2v) is 6.35. The van der Waals surface area contributed by atoms with E-state index in [1.54, 1.807) is 0 Å². The van der Waals surface area contributed by atoms with Gasteiger partial charge in [0.2, 0.25) is 5.91 Å². The number of allylic oxidation sites excluding steroid dienone is 1. The van der Waals surface area contributed by atoms with E-state index in [-0.39, 0.29) is 18.2 Å². The number of amides is 1. The average Bonchev–Trinajstić information content (AvgIpc) is 2.92. The lowest BCUT2D eigenvalue weighted by atomic mass is 9.96. The number of carbonyl (C=O) groups excluding carboxylic acids is 1. The highest BCUT2D eigenvalue weighted by molar-refractivity contribution is 5.79. The van der Waals surface area contributed by atoms with Crippen molar-refractivity contribution in [3.63, 3.8) is 0 Å². The lowest BCUT2D eigenvalue weighted by molar-refractivity contribution is -0.150. The van der Waals surface area contributed by atoms with Crippen LogP contribution in [0.15, 0.2) is 11.6 Å². The molecule has 4 heteroatoms. The molecule has 0 bridgehead atoms. The average molecular weight is 293 g/mol. The first-order chi connectivity index (χ1) is 10.3. The van der Waals surface area contributed by atoms with Gasteiger partial charge in [-0.2, -0.15) is 0 Å². The molecule has 1 saturated heterocycles. The zero-order valence-electron chi connectivity index (χ0n) is 13.1. The highest BCUT2D eigenvalue weighted by Gasteiger charge is 2.44. The SMILES string of the molecule is CCO[C@@H]1CC[C@H]2[C@H]1OCCN2C(=O)CC1=CCCCC1. The molecule has 3 atom stereocenters. The number of rotatable bonds is 4. The molecule has 3 rings (SSSR count). The summed E-state index contributed by atoms with van der Waals surface area (Å²) >= 11 is 0. The summed E-state index contributed by atoms with van der Waals surface area (Å²) in [5.41, 5.74) is 1.34. The summed E-state index contributed by atoms with van der Waals surface area (Å²) in [6.45, 7) is 4.13. The monoisotopic (exact) mass is 293 g/mol. The maximum absolute atomic E-state index is 12.7. The van der Waals surface area contributed by atoms with Crippen molar-refractivity contribution in [1.82, 2.24) is 4.90 Å². The second-order valence-electron chi connectivity index (χ2n) is 6.35. The molecule has 0 aromatic heterocycles. The Hall–Kier alpha value is -0.870. The van der Waals surface area contributed by atoms with Crippen LogP contribution in [0.5, 0.6) is 0 Å². The third kappa shape index (κ3) is 3.32. The molecule has 0 aromatic rings. The second kappa shape index (κ2) is 6.93. The molecule has 1 aliphatic heterocycles. The first-order valence-electron chi connectivity index (χ1n) is 8.50. The first-order valence-corrected chi connectivity index (χ1v) is 8.50. The van der Waals surface area contributed by atoms with E-state index in [1.165, 1.54) is 18.4 Å². The van der Waals surface area contributed by atoms with Crippen molar-refractivity contribution >= 4 is 5.91 Å². The van der Waals surface area contributed by atoms with Crippen LogP contribution in [0, 0.1) is 0 Å². The Kier molecular flexibility index (Phi) is 4.96. The van der Waals surface area contributed by atoms with Gasteiger partial charge in [-0.3, -0.25) is 4.79 Å². The van der Waals surface area contributed by atoms with Crippen LogP contribution < -0.4 is 0 Å². The number of hydrogen-bond acceptors (Lipinski definition) is 3. The number of fused-ring (bicyclic) bond motifs is 1. The number of morpholine rings is 1. The maximum atomic E-state index is 12.7. The lowest BCUT2D eigenvalue weighted by Crippen LogP contribution is -2.53. The van der Waals surface area contributed by atoms with Crippen LogP contribution in [0.25, 0.3) is 0 Å². The van der Waals surface area contributed by atoms with Gasteiger partial charge in [-0.1, -0.05) is 11.6 Å². The molecular formula is C17H27NO3. The van der Waals surface area contributed by atoms with Gasteiger partial charge in [0, 0.05) is 19.6 Å². The van der Waals surface area contributed by atoms with Crippen molar-refractivity contribution in [3.8, 4) is 0 Å². The minimum atomic E-state index is 0.0861. The van der Waals surface area contributed by atoms with E-state index in [0.717, 1.165) is 38.8 Å². The smallest absolute Gasteiger partial charge is 0.227 e. The van der Waals surface area contributed by atoms with E-state index in [9.17, 15) is 4.79 Å². The molecule has 21 heavy (non-hydrogen) atoms. The van der Waals surface area contributed by atoms with Crippen molar-refractivity contribution in [2.45, 2.75) is 70.1 Å². The van der Waals surface area contributed by atoms with Gasteiger partial charge in [-0.25, -0.2) is 0 Å². The summed E-state index contributed by atoms with van der Waals surface area (Å²) in [4.78, 5) is 14.7. The van der Waals surface area contributed by atoms with E-state index < -0.39 is 0 Å². The van der Waals surface area contributed by atoms with Crippen LogP contribution >= 0.6 is 0 Å². The third-order valence-corrected chi connectivity index (χ3v) is 5.00. The first kappa shape index (κ1) is 15.0. The molecule has 0 spiro atoms. The fourth-order valence-electron chi connectivity index (χ4n) is 3.98. The number of nitrogens with zero attached hydrogens (tertiary/aromatic N) is 1. The van der Waals surface area contributed by atoms with Crippen molar-refractivity contribution in [2.24, 2.45) is 0 Å². The summed E-state index contributed by atoms with van der Waals surface area (Å²) in [6.07, 6.45) is 9.93. The molecule has 1 heterocycles. The van der Waals surface area contributed by atoms with Crippen LogP contribution in [0.3, 0.4) is 0 Å². The van der Waals surface area contributed by atoms with Crippen LogP contribution in [-0.4, -0.2) is 48.8 Å². The highest BCUT2D eigenvalue weighted by Crippen LogP contribution is 2.33. The summed E-state index contributed by atoms with van der Waals surface area (Å²) in [6, 6.07) is 0.229. The van der Waals surface area contributed by atoms with Crippen molar-refractivity contribution in [2.75, 3.05) is 19.8 Å². The number of ether oxygens (including phenoxy) is 2. The van der Waals surface area contributed by atoms with E-state index in [2.05, 4.69) is 11.0 Å². The standard InChI is InChI=1S/C17H27NO3/c1-2-20-15-9-8-14-17(15)21-11-10-18(14)16(19)12-13-6-4-3-5-7-13/h6,14-15,17H,2-5,7-12H2,1H3/t14-,15+,17+/m0/s1. The molecule has 2 fully saturated rings. The van der Waals surface area contributed by atoms with Crippen LogP contribution in [-0.2, 0) is 14.3 Å². The lowest BCUT2D eigenvalue weighted by Gasteiger charge is -2.39. The van der Waals surface area contributed by atoms with E-state index in [1.807, 2.05) is 6.92 Å². The van der Waals surface area contributed by atoms with Crippen LogP contribution in [0.1, 0.15) is 51.9 Å². The zero-order chi connectivity index (χ0) is 14.7. The predicted octanol–water partition coefficient (Wildman–Crippen LogP) is 2.67. The van der Waals surface area contributed by atoms with E-state index >= 15 is 0 Å². The van der Waals surface area contributed by atoms with Gasteiger partial charge in [0.25, 0.3) is 0 Å². The molecule has 0 radical (unpaired) electrons. The largest absolute Gasteiger partial charge is 0.376 e. The Morgan fingerprint density at radius 1 is 1.43 bits per heavy atom. The van der Waals surface area contributed by atoms with Crippen molar-refractivity contribution in [3.05, 3.63) is 11.6 Å². The summed E-state index contributed by atoms with van der Waals surface area (Å²) in [7, 11) is 0. The van der Waals surface area contributed by atoms with E-state index in [4.69, 9.17) is 9.47 Å². The van der Waals surface area contributed by atoms with Crippen LogP contribution in [0.2, 0.25) is 0 Å². The van der Waals surface area contributed by atoms with Crippen molar-refractivity contribution in [1.29, 1.82) is 0 Å². The minimum Gasteiger partial charge on any atom is -0.376 e. The minimum absolute atomic E-state index is 0.0861. The van der Waals surface area contributed by atoms with Gasteiger partial charge in [-0.05, 0) is 45.4 Å². The molecule has 1 amide bonds. The maximum Gasteiger partial charge on any atom is 0.227 e. The van der Waals surface area contributed by atoms with Crippen LogP contribution in [0.4, 0.5) is 0 Å². The molecular weight excluding hydrogens is 266 g/mol. The van der Waals surface area contributed by atoms with Gasteiger partial charge in [-0.15, -0.1) is 0 Å². The third-order valence-electron chi connectivity index (χ3n) is 5.00. The number of hydrogen-bond donors (Lipinski definition) is 0. The Balaban J connectivity index is 1.62.